The number of hydrogen-bond acceptors (Lipinski definition) is 0. The van der Waals surface area contributed by atoms with Gasteiger partial charge in [0.1, 0.15) is 0 Å². The van der Waals surface area contributed by atoms with E-state index in [1.165, 1.54) is 165 Å². The van der Waals surface area contributed by atoms with Gasteiger partial charge in [-0.15, -0.1) is 0 Å². The molecule has 358 valence electrons. The van der Waals surface area contributed by atoms with Crippen LogP contribution in [0, 0.1) is 27.7 Å². The van der Waals surface area contributed by atoms with E-state index in [0.29, 0.717) is 0 Å². The van der Waals surface area contributed by atoms with E-state index in [4.69, 9.17) is 0 Å². The molecular weight excluding hydrogens is 913 g/mol. The first-order chi connectivity index (χ1) is 37.3. The minimum Gasteiger partial charge on any atom is -0.0616 e. The van der Waals surface area contributed by atoms with Crippen LogP contribution < -0.4 is 0 Å². The Morgan fingerprint density at radius 3 is 0.908 bits per heavy atom. The third kappa shape index (κ3) is 7.52. The van der Waals surface area contributed by atoms with E-state index in [1.54, 1.807) is 0 Å². The lowest BCUT2D eigenvalue weighted by Gasteiger charge is -2.24. The van der Waals surface area contributed by atoms with E-state index < -0.39 is 0 Å². The first-order valence-corrected chi connectivity index (χ1v) is 26.6. The Hall–Kier alpha value is -9.36. The molecule has 0 bridgehead atoms. The van der Waals surface area contributed by atoms with Crippen LogP contribution in [0.1, 0.15) is 22.3 Å². The fraction of sp³-hybridized carbons (Fsp3) is 0.0526. The van der Waals surface area contributed by atoms with Gasteiger partial charge in [-0.25, -0.2) is 0 Å². The summed E-state index contributed by atoms with van der Waals surface area (Å²) >= 11 is 0. The zero-order valence-corrected chi connectivity index (χ0v) is 43.2. The van der Waals surface area contributed by atoms with Gasteiger partial charge < -0.3 is 0 Å². The average molecular weight is 967 g/mol. The van der Waals surface area contributed by atoms with Gasteiger partial charge in [-0.2, -0.15) is 0 Å². The topological polar surface area (TPSA) is 0 Å². The van der Waals surface area contributed by atoms with Crippen LogP contribution in [0.3, 0.4) is 0 Å². The van der Waals surface area contributed by atoms with Gasteiger partial charge in [0.25, 0.3) is 0 Å². The molecule has 0 unspecified atom stereocenters. The monoisotopic (exact) mass is 966 g/mol. The standard InChI is InChI=1S/C76H54/c1-47-69(59-37-35-51-19-5-7-23-55(51)39-59)43-61(65-33-17-27-53-21-9-13-29-63(53)65)45-71(47)73-41-57-25-11-15-31-67(57)75(49(73)3)76-50(4)74(42-58-26-12-16-32-68(58)76)72-46-62(66-34-18-28-54-22-10-14-30-64(54)66)44-70(48(72)2)60-38-36-52-20-6-8-24-56(52)40-60/h5-46H,1-4H3. The molecule has 0 nitrogen and oxygen atoms in total. The highest BCUT2D eigenvalue weighted by atomic mass is 14.3. The maximum atomic E-state index is 2.47. The Labute approximate surface area is 444 Å². The summed E-state index contributed by atoms with van der Waals surface area (Å²) in [6.45, 7) is 9.42. The summed E-state index contributed by atoms with van der Waals surface area (Å²) in [5.41, 5.74) is 22.4. The molecule has 0 spiro atoms. The van der Waals surface area contributed by atoms with Crippen LogP contribution >= 0.6 is 0 Å². The summed E-state index contributed by atoms with van der Waals surface area (Å²) in [5, 5.41) is 14.9. The van der Waals surface area contributed by atoms with Crippen LogP contribution in [0.15, 0.2) is 255 Å². The van der Waals surface area contributed by atoms with E-state index in [-0.39, 0.29) is 0 Å². The quantitative estimate of drug-likeness (QED) is 0.149. The van der Waals surface area contributed by atoms with Gasteiger partial charge in [-0.3, -0.25) is 0 Å². The van der Waals surface area contributed by atoms with Gasteiger partial charge in [0.15, 0.2) is 0 Å². The van der Waals surface area contributed by atoms with Crippen molar-refractivity contribution >= 4 is 64.6 Å². The summed E-state index contributed by atoms with van der Waals surface area (Å²) in [6.07, 6.45) is 0. The van der Waals surface area contributed by atoms with E-state index >= 15 is 0 Å². The fourth-order valence-corrected chi connectivity index (χ4v) is 12.7. The van der Waals surface area contributed by atoms with E-state index in [0.717, 1.165) is 0 Å². The lowest BCUT2D eigenvalue weighted by Crippen LogP contribution is -2.00. The maximum absolute atomic E-state index is 2.47. The van der Waals surface area contributed by atoms with Crippen molar-refractivity contribution < 1.29 is 0 Å². The number of benzene rings is 14. The molecule has 0 radical (unpaired) electrons. The molecule has 0 atom stereocenters. The predicted octanol–water partition coefficient (Wildman–Crippen LogP) is 21.5. The van der Waals surface area contributed by atoms with Crippen LogP contribution in [0.5, 0.6) is 0 Å². The largest absolute Gasteiger partial charge is 0.0616 e. The van der Waals surface area contributed by atoms with Crippen molar-refractivity contribution in [2.75, 3.05) is 0 Å². The van der Waals surface area contributed by atoms with Gasteiger partial charge >= 0.3 is 0 Å². The highest BCUT2D eigenvalue weighted by Crippen LogP contribution is 2.49. The van der Waals surface area contributed by atoms with Gasteiger partial charge in [0.05, 0.1) is 0 Å². The van der Waals surface area contributed by atoms with Crippen LogP contribution in [0.25, 0.3) is 143 Å². The smallest absolute Gasteiger partial charge is 0.00608 e. The lowest BCUT2D eigenvalue weighted by molar-refractivity contribution is 1.39. The highest BCUT2D eigenvalue weighted by Gasteiger charge is 2.24. The first kappa shape index (κ1) is 45.3. The summed E-state index contributed by atoms with van der Waals surface area (Å²) in [7, 11) is 0. The second-order valence-electron chi connectivity index (χ2n) is 20.9. The molecule has 0 heterocycles. The van der Waals surface area contributed by atoms with Crippen LogP contribution in [0.2, 0.25) is 0 Å². The highest BCUT2D eigenvalue weighted by molar-refractivity contribution is 6.13. The molecule has 0 aliphatic carbocycles. The summed E-state index contributed by atoms with van der Waals surface area (Å²) in [6, 6.07) is 95.2. The molecule has 0 saturated carbocycles. The molecule has 0 heteroatoms. The number of fused-ring (bicyclic) bond motifs is 6. The van der Waals surface area contributed by atoms with E-state index in [1.807, 2.05) is 0 Å². The summed E-state index contributed by atoms with van der Waals surface area (Å²) in [5.74, 6) is 0. The zero-order chi connectivity index (χ0) is 51.0. The molecule has 14 rings (SSSR count). The molecule has 14 aromatic rings. The van der Waals surface area contributed by atoms with Crippen molar-refractivity contribution in [3.8, 4) is 77.9 Å². The Morgan fingerprint density at radius 1 is 0.171 bits per heavy atom. The molecule has 0 N–H and O–H groups in total. The Bertz CT molecular complexity index is 4370. The molecule has 0 aliphatic heterocycles. The Balaban J connectivity index is 1.05. The zero-order valence-electron chi connectivity index (χ0n) is 43.2. The summed E-state index contributed by atoms with van der Waals surface area (Å²) < 4.78 is 0. The van der Waals surface area contributed by atoms with E-state index in [2.05, 4.69) is 282 Å². The third-order valence-electron chi connectivity index (χ3n) is 16.6. The van der Waals surface area contributed by atoms with Crippen molar-refractivity contribution in [2.24, 2.45) is 0 Å². The van der Waals surface area contributed by atoms with Crippen LogP contribution in [-0.2, 0) is 0 Å². The third-order valence-corrected chi connectivity index (χ3v) is 16.6. The summed E-state index contributed by atoms with van der Waals surface area (Å²) in [4.78, 5) is 0. The Morgan fingerprint density at radius 2 is 0.487 bits per heavy atom. The normalized spacial score (nSPS) is 11.7. The van der Waals surface area contributed by atoms with Crippen LogP contribution in [0.4, 0.5) is 0 Å². The minimum absolute atomic E-state index is 1.21. The molecule has 0 aliphatic rings. The number of hydrogen-bond donors (Lipinski definition) is 0. The molecule has 76 heavy (non-hydrogen) atoms. The second-order valence-corrected chi connectivity index (χ2v) is 20.9. The van der Waals surface area contributed by atoms with Crippen LogP contribution in [-0.4, -0.2) is 0 Å². The second kappa shape index (κ2) is 18.2. The van der Waals surface area contributed by atoms with Gasteiger partial charge in [-0.1, -0.05) is 206 Å². The predicted molar refractivity (Wildman–Crippen MR) is 328 cm³/mol. The lowest BCUT2D eigenvalue weighted by atomic mass is 9.79. The minimum atomic E-state index is 1.21. The molecule has 0 saturated heterocycles. The SMILES string of the molecule is Cc1c(-c2ccc3ccccc3c2)cc(-c2cccc3ccccc23)cc1-c1cc2ccccc2c(-c2c(C)c(-c3cc(-c4cccc5ccccc45)cc(-c4ccc5ccccc5c4)c3C)cc3ccccc23)c1C. The molecule has 0 aromatic heterocycles. The van der Waals surface area contributed by atoms with Crippen molar-refractivity contribution in [3.05, 3.63) is 277 Å². The van der Waals surface area contributed by atoms with E-state index in [9.17, 15) is 0 Å². The van der Waals surface area contributed by atoms with Gasteiger partial charge in [0.2, 0.25) is 0 Å². The molecule has 0 amide bonds. The fourth-order valence-electron chi connectivity index (χ4n) is 12.7. The Kier molecular flexibility index (Phi) is 10.9. The number of rotatable bonds is 7. The molecule has 14 aromatic carbocycles. The first-order valence-electron chi connectivity index (χ1n) is 26.6. The maximum Gasteiger partial charge on any atom is -0.00608 e. The van der Waals surface area contributed by atoms with Gasteiger partial charge in [0, 0.05) is 0 Å². The van der Waals surface area contributed by atoms with Gasteiger partial charge in [-0.05, 0) is 241 Å². The molecule has 0 fully saturated rings. The van der Waals surface area contributed by atoms with Crippen molar-refractivity contribution in [1.29, 1.82) is 0 Å². The van der Waals surface area contributed by atoms with Crippen molar-refractivity contribution in [1.82, 2.24) is 0 Å². The average Bonchev–Trinajstić information content (AvgIpc) is 3.48. The molecular formula is C76H54. The van der Waals surface area contributed by atoms with Crippen molar-refractivity contribution in [3.63, 3.8) is 0 Å². The van der Waals surface area contributed by atoms with Crippen molar-refractivity contribution in [2.45, 2.75) is 27.7 Å².